The highest BCUT2D eigenvalue weighted by molar-refractivity contribution is 6.43. The summed E-state index contributed by atoms with van der Waals surface area (Å²) in [7, 11) is 1.26. The van der Waals surface area contributed by atoms with Crippen molar-refractivity contribution in [1.82, 2.24) is 4.90 Å². The van der Waals surface area contributed by atoms with E-state index in [1.165, 1.54) is 12.7 Å². The molecule has 3 rings (SSSR count). The molecule has 0 radical (unpaired) electrons. The number of hydrogen-bond donors (Lipinski definition) is 0. The number of hydrogen-bond acceptors (Lipinski definition) is 5. The first-order valence-electron chi connectivity index (χ1n) is 7.38. The first kappa shape index (κ1) is 14.3. The van der Waals surface area contributed by atoms with Crippen molar-refractivity contribution in [3.05, 3.63) is 41.1 Å². The molecule has 0 unspecified atom stereocenters. The predicted molar refractivity (Wildman–Crippen MR) is 82.9 cm³/mol. The topological polar surface area (TPSA) is 65.7 Å². The van der Waals surface area contributed by atoms with E-state index < -0.39 is 5.97 Å². The number of esters is 1. The van der Waals surface area contributed by atoms with Gasteiger partial charge in [0.25, 0.3) is 0 Å². The number of likely N-dealkylation sites (tertiary alicyclic amines) is 1. The lowest BCUT2D eigenvalue weighted by atomic mass is 10.1. The van der Waals surface area contributed by atoms with E-state index in [0.717, 1.165) is 42.9 Å². The van der Waals surface area contributed by atoms with E-state index in [-0.39, 0.29) is 5.71 Å². The number of aliphatic imine (C=N–C) groups is 1. The Morgan fingerprint density at radius 2 is 2.05 bits per heavy atom. The second-order valence-electron chi connectivity index (χ2n) is 5.39. The van der Waals surface area contributed by atoms with Crippen LogP contribution in [-0.4, -0.2) is 36.8 Å². The van der Waals surface area contributed by atoms with Gasteiger partial charge < -0.3 is 9.64 Å². The van der Waals surface area contributed by atoms with Crippen molar-refractivity contribution in [2.45, 2.75) is 19.3 Å². The fraction of sp³-hybridized carbons (Fsp3) is 0.353. The molecule has 1 saturated heterocycles. The minimum Gasteiger partial charge on any atom is -0.464 e. The van der Waals surface area contributed by atoms with Crippen LogP contribution in [0.4, 0.5) is 0 Å². The number of carbonyl (C=O) groups is 1. The summed E-state index contributed by atoms with van der Waals surface area (Å²) < 4.78 is 4.62. The van der Waals surface area contributed by atoms with Gasteiger partial charge in [-0.3, -0.25) is 0 Å². The first-order chi connectivity index (χ1) is 10.7. The van der Waals surface area contributed by atoms with Gasteiger partial charge in [-0.2, -0.15) is 5.26 Å². The summed E-state index contributed by atoms with van der Waals surface area (Å²) in [5.41, 5.74) is 3.99. The van der Waals surface area contributed by atoms with E-state index in [1.54, 1.807) is 0 Å². The molecule has 1 fully saturated rings. The van der Waals surface area contributed by atoms with Gasteiger partial charge in [0.15, 0.2) is 0 Å². The quantitative estimate of drug-likeness (QED) is 0.633. The van der Waals surface area contributed by atoms with E-state index in [4.69, 9.17) is 5.26 Å². The molecule has 0 amide bonds. The van der Waals surface area contributed by atoms with Gasteiger partial charge in [-0.25, -0.2) is 9.79 Å². The summed E-state index contributed by atoms with van der Waals surface area (Å²) in [4.78, 5) is 18.2. The van der Waals surface area contributed by atoms with Gasteiger partial charge in [0.1, 0.15) is 6.07 Å². The Bertz CT molecular complexity index is 707. The second kappa shape index (κ2) is 6.02. The smallest absolute Gasteiger partial charge is 0.367 e. The molecule has 0 bridgehead atoms. The third-order valence-electron chi connectivity index (χ3n) is 4.06. The maximum atomic E-state index is 11.6. The number of nitriles is 1. The van der Waals surface area contributed by atoms with Crippen LogP contribution in [0, 0.1) is 11.3 Å². The Hall–Kier alpha value is -2.61. The fourth-order valence-electron chi connectivity index (χ4n) is 3.06. The van der Waals surface area contributed by atoms with Crippen LogP contribution in [-0.2, 0) is 16.0 Å². The second-order valence-corrected chi connectivity index (χ2v) is 5.39. The van der Waals surface area contributed by atoms with Crippen LogP contribution in [0.15, 0.2) is 35.0 Å². The van der Waals surface area contributed by atoms with E-state index in [2.05, 4.69) is 26.8 Å². The van der Waals surface area contributed by atoms with Crippen molar-refractivity contribution < 1.29 is 9.53 Å². The van der Waals surface area contributed by atoms with Crippen molar-refractivity contribution in [3.8, 4) is 6.07 Å². The van der Waals surface area contributed by atoms with Gasteiger partial charge in [-0.15, -0.1) is 0 Å². The standard InChI is InChI=1S/C17H17N3O2/c1-22-17(21)15(11-18)19-14-10-12-6-2-3-7-13(12)16(14)20-8-4-5-9-20/h2-3,6-7H,4-5,8-10H2,1H3. The van der Waals surface area contributed by atoms with Crippen LogP contribution in [0.5, 0.6) is 0 Å². The van der Waals surface area contributed by atoms with Crippen molar-refractivity contribution >= 4 is 17.4 Å². The lowest BCUT2D eigenvalue weighted by Crippen LogP contribution is -2.18. The fourth-order valence-corrected chi connectivity index (χ4v) is 3.06. The van der Waals surface area contributed by atoms with Gasteiger partial charge >= 0.3 is 5.97 Å². The van der Waals surface area contributed by atoms with E-state index >= 15 is 0 Å². The molecule has 0 spiro atoms. The number of rotatable bonds is 3. The van der Waals surface area contributed by atoms with Gasteiger partial charge in [0.2, 0.25) is 5.71 Å². The molecular weight excluding hydrogens is 278 g/mol. The zero-order valence-corrected chi connectivity index (χ0v) is 12.5. The number of carbonyl (C=O) groups excluding carboxylic acids is 1. The van der Waals surface area contributed by atoms with Crippen molar-refractivity contribution in [2.75, 3.05) is 20.2 Å². The Balaban J connectivity index is 2.07. The molecule has 5 nitrogen and oxygen atoms in total. The summed E-state index contributed by atoms with van der Waals surface area (Å²) in [6.07, 6.45) is 2.96. The number of benzene rings is 1. The molecule has 0 aromatic heterocycles. The van der Waals surface area contributed by atoms with Crippen molar-refractivity contribution in [1.29, 1.82) is 5.26 Å². The van der Waals surface area contributed by atoms with Crippen LogP contribution in [0.1, 0.15) is 24.0 Å². The van der Waals surface area contributed by atoms with E-state index in [9.17, 15) is 4.79 Å². The minimum absolute atomic E-state index is 0.193. The number of fused-ring (bicyclic) bond motifs is 1. The Kier molecular flexibility index (Phi) is 3.92. The average Bonchev–Trinajstić information content (AvgIpc) is 3.18. The molecule has 5 heteroatoms. The lowest BCUT2D eigenvalue weighted by molar-refractivity contribution is -0.132. The summed E-state index contributed by atoms with van der Waals surface area (Å²) in [5.74, 6) is -0.688. The Morgan fingerprint density at radius 3 is 2.73 bits per heavy atom. The largest absolute Gasteiger partial charge is 0.464 e. The molecule has 1 aliphatic carbocycles. The normalized spacial score (nSPS) is 17.5. The Morgan fingerprint density at radius 1 is 1.32 bits per heavy atom. The number of allylic oxidation sites excluding steroid dienone is 1. The minimum atomic E-state index is -0.688. The van der Waals surface area contributed by atoms with Crippen LogP contribution < -0.4 is 0 Å². The predicted octanol–water partition coefficient (Wildman–Crippen LogP) is 2.14. The molecule has 1 heterocycles. The van der Waals surface area contributed by atoms with Gasteiger partial charge in [-0.1, -0.05) is 24.3 Å². The third kappa shape index (κ3) is 2.48. The molecule has 2 aliphatic rings. The maximum absolute atomic E-state index is 11.6. The SMILES string of the molecule is COC(=O)C(C#N)=NC1=C(N2CCCC2)c2ccccc2C1. The van der Waals surface area contributed by atoms with E-state index in [0.29, 0.717) is 6.42 Å². The van der Waals surface area contributed by atoms with Crippen LogP contribution in [0.25, 0.3) is 5.70 Å². The van der Waals surface area contributed by atoms with E-state index in [1.807, 2.05) is 18.2 Å². The summed E-state index contributed by atoms with van der Waals surface area (Å²) in [6.45, 7) is 1.98. The van der Waals surface area contributed by atoms with Crippen LogP contribution in [0.2, 0.25) is 0 Å². The van der Waals surface area contributed by atoms with Gasteiger partial charge in [0, 0.05) is 25.1 Å². The molecule has 112 valence electrons. The highest BCUT2D eigenvalue weighted by atomic mass is 16.5. The van der Waals surface area contributed by atoms with Crippen LogP contribution in [0.3, 0.4) is 0 Å². The molecule has 0 N–H and O–H groups in total. The van der Waals surface area contributed by atoms with Crippen molar-refractivity contribution in [3.63, 3.8) is 0 Å². The zero-order chi connectivity index (χ0) is 15.5. The zero-order valence-electron chi connectivity index (χ0n) is 12.5. The Labute approximate surface area is 129 Å². The summed E-state index contributed by atoms with van der Waals surface area (Å²) in [6, 6.07) is 9.99. The summed E-state index contributed by atoms with van der Waals surface area (Å²) >= 11 is 0. The molecular formula is C17H17N3O2. The molecule has 0 atom stereocenters. The highest BCUT2D eigenvalue weighted by Gasteiger charge is 2.28. The monoisotopic (exact) mass is 295 g/mol. The van der Waals surface area contributed by atoms with Gasteiger partial charge in [0.05, 0.1) is 18.5 Å². The molecule has 22 heavy (non-hydrogen) atoms. The first-order valence-corrected chi connectivity index (χ1v) is 7.38. The molecule has 1 aliphatic heterocycles. The van der Waals surface area contributed by atoms with Crippen molar-refractivity contribution in [2.24, 2.45) is 4.99 Å². The van der Waals surface area contributed by atoms with Crippen LogP contribution >= 0.6 is 0 Å². The highest BCUT2D eigenvalue weighted by Crippen LogP contribution is 2.37. The lowest BCUT2D eigenvalue weighted by Gasteiger charge is -2.21. The molecule has 0 saturated carbocycles. The van der Waals surface area contributed by atoms with Gasteiger partial charge in [-0.05, 0) is 18.4 Å². The number of ether oxygens (including phenoxy) is 1. The molecule has 1 aromatic rings. The third-order valence-corrected chi connectivity index (χ3v) is 4.06. The maximum Gasteiger partial charge on any atom is 0.367 e. The summed E-state index contributed by atoms with van der Waals surface area (Å²) in [5, 5.41) is 9.14. The number of methoxy groups -OCH3 is 1. The molecule has 1 aromatic carbocycles. The number of nitrogens with zero attached hydrogens (tertiary/aromatic N) is 3. The average molecular weight is 295 g/mol.